The Morgan fingerprint density at radius 2 is 2.09 bits per heavy atom. The molecule has 1 atom stereocenters. The third-order valence-corrected chi connectivity index (χ3v) is 3.16. The Morgan fingerprint density at radius 3 is 2.64 bits per heavy atom. The lowest BCUT2D eigenvalue weighted by atomic mass is 10.1. The fourth-order valence-corrected chi connectivity index (χ4v) is 2.07. The molecular formula is C17H30N2O3. The van der Waals surface area contributed by atoms with Gasteiger partial charge >= 0.3 is 6.09 Å². The minimum Gasteiger partial charge on any atom is -0.465 e. The number of alkyl carbamates (subject to hydrolysis) is 1. The number of hydrogen-bond donors (Lipinski definition) is 2. The lowest BCUT2D eigenvalue weighted by Crippen LogP contribution is -2.42. The predicted octanol–water partition coefficient (Wildman–Crippen LogP) is 3.76. The number of nitrogens with one attached hydrogen (secondary N) is 2. The summed E-state index contributed by atoms with van der Waals surface area (Å²) in [6.07, 6.45) is 2.88. The van der Waals surface area contributed by atoms with Crippen LogP contribution in [0, 0.1) is 6.92 Å². The van der Waals surface area contributed by atoms with Crippen molar-refractivity contribution in [3.05, 3.63) is 23.7 Å². The van der Waals surface area contributed by atoms with Gasteiger partial charge in [0, 0.05) is 12.6 Å². The number of aryl methyl sites for hydroxylation is 1. The molecule has 5 heteroatoms. The second kappa shape index (κ2) is 8.83. The van der Waals surface area contributed by atoms with Crippen molar-refractivity contribution in [2.24, 2.45) is 0 Å². The number of unbranched alkanes of at least 4 members (excludes halogenated alkanes) is 1. The number of rotatable bonds is 8. The van der Waals surface area contributed by atoms with Crippen LogP contribution in [-0.4, -0.2) is 24.3 Å². The standard InChI is InChI=1S/C17H30N2O3/c1-6-7-8-14(11-19-16(20)22-17(3,4)5)18-12-15-10-9-13(2)21-15/h9-10,14,18H,6-8,11-12H2,1-5H3,(H,19,20). The van der Waals surface area contributed by atoms with Crippen molar-refractivity contribution < 1.29 is 13.9 Å². The Morgan fingerprint density at radius 1 is 1.36 bits per heavy atom. The van der Waals surface area contributed by atoms with Crippen LogP contribution in [0.1, 0.15) is 58.5 Å². The van der Waals surface area contributed by atoms with Crippen LogP contribution < -0.4 is 10.6 Å². The summed E-state index contributed by atoms with van der Waals surface area (Å²) in [5, 5.41) is 6.27. The monoisotopic (exact) mass is 310 g/mol. The number of amides is 1. The molecule has 1 rings (SSSR count). The summed E-state index contributed by atoms with van der Waals surface area (Å²) < 4.78 is 10.8. The van der Waals surface area contributed by atoms with Gasteiger partial charge in [-0.3, -0.25) is 0 Å². The molecule has 0 radical (unpaired) electrons. The number of ether oxygens (including phenoxy) is 1. The van der Waals surface area contributed by atoms with E-state index in [1.165, 1.54) is 0 Å². The SMILES string of the molecule is CCCCC(CNC(=O)OC(C)(C)C)NCc1ccc(C)o1. The molecule has 0 aliphatic rings. The predicted molar refractivity (Wildman–Crippen MR) is 87.8 cm³/mol. The smallest absolute Gasteiger partial charge is 0.407 e. The van der Waals surface area contributed by atoms with Gasteiger partial charge in [-0.15, -0.1) is 0 Å². The largest absolute Gasteiger partial charge is 0.465 e. The number of carbonyl (C=O) groups is 1. The first kappa shape index (κ1) is 18.6. The van der Waals surface area contributed by atoms with E-state index in [9.17, 15) is 4.79 Å². The molecule has 1 amide bonds. The summed E-state index contributed by atoms with van der Waals surface area (Å²) >= 11 is 0. The molecule has 1 unspecified atom stereocenters. The fraction of sp³-hybridized carbons (Fsp3) is 0.706. The topological polar surface area (TPSA) is 63.5 Å². The van der Waals surface area contributed by atoms with Crippen molar-refractivity contribution in [2.45, 2.75) is 72.1 Å². The lowest BCUT2D eigenvalue weighted by molar-refractivity contribution is 0.0521. The third-order valence-electron chi connectivity index (χ3n) is 3.16. The van der Waals surface area contributed by atoms with E-state index in [-0.39, 0.29) is 12.1 Å². The van der Waals surface area contributed by atoms with Crippen molar-refractivity contribution in [3.63, 3.8) is 0 Å². The van der Waals surface area contributed by atoms with E-state index in [1.807, 2.05) is 39.8 Å². The molecule has 2 N–H and O–H groups in total. The Labute approximate surface area is 133 Å². The van der Waals surface area contributed by atoms with Gasteiger partial charge in [0.1, 0.15) is 17.1 Å². The third kappa shape index (κ3) is 8.08. The molecule has 1 aromatic heterocycles. The molecule has 0 aliphatic heterocycles. The van der Waals surface area contributed by atoms with Gasteiger partial charge in [0.15, 0.2) is 0 Å². The highest BCUT2D eigenvalue weighted by Crippen LogP contribution is 2.09. The van der Waals surface area contributed by atoms with Crippen molar-refractivity contribution in [2.75, 3.05) is 6.54 Å². The van der Waals surface area contributed by atoms with Crippen LogP contribution in [0.4, 0.5) is 4.79 Å². The Hall–Kier alpha value is -1.49. The molecule has 126 valence electrons. The summed E-state index contributed by atoms with van der Waals surface area (Å²) in [7, 11) is 0. The summed E-state index contributed by atoms with van der Waals surface area (Å²) in [5.74, 6) is 1.82. The van der Waals surface area contributed by atoms with Crippen LogP contribution in [0.15, 0.2) is 16.5 Å². The summed E-state index contributed by atoms with van der Waals surface area (Å²) in [5.41, 5.74) is -0.470. The second-order valence-corrected chi connectivity index (χ2v) is 6.62. The van der Waals surface area contributed by atoms with Gasteiger partial charge in [-0.1, -0.05) is 19.8 Å². The normalized spacial score (nSPS) is 13.0. The molecule has 0 aromatic carbocycles. The van der Waals surface area contributed by atoms with E-state index in [0.717, 1.165) is 30.8 Å². The first-order valence-corrected chi connectivity index (χ1v) is 8.05. The van der Waals surface area contributed by atoms with Gasteiger partial charge in [-0.05, 0) is 46.2 Å². The summed E-state index contributed by atoms with van der Waals surface area (Å²) in [6.45, 7) is 10.9. The molecule has 0 aliphatic carbocycles. The van der Waals surface area contributed by atoms with Gasteiger partial charge in [-0.25, -0.2) is 4.79 Å². The number of hydrogen-bond acceptors (Lipinski definition) is 4. The van der Waals surface area contributed by atoms with E-state index in [0.29, 0.717) is 13.1 Å². The maximum atomic E-state index is 11.7. The fourth-order valence-electron chi connectivity index (χ4n) is 2.07. The highest BCUT2D eigenvalue weighted by Gasteiger charge is 2.17. The molecule has 22 heavy (non-hydrogen) atoms. The van der Waals surface area contributed by atoms with E-state index < -0.39 is 5.60 Å². The molecule has 5 nitrogen and oxygen atoms in total. The van der Waals surface area contributed by atoms with Crippen molar-refractivity contribution in [1.29, 1.82) is 0 Å². The minimum absolute atomic E-state index is 0.206. The Bertz CT molecular complexity index is 449. The summed E-state index contributed by atoms with van der Waals surface area (Å²) in [4.78, 5) is 11.7. The Balaban J connectivity index is 2.41. The molecule has 0 spiro atoms. The van der Waals surface area contributed by atoms with Crippen molar-refractivity contribution >= 4 is 6.09 Å². The zero-order valence-electron chi connectivity index (χ0n) is 14.5. The molecule has 0 saturated carbocycles. The van der Waals surface area contributed by atoms with Gasteiger partial charge in [-0.2, -0.15) is 0 Å². The number of furan rings is 1. The van der Waals surface area contributed by atoms with Crippen LogP contribution >= 0.6 is 0 Å². The van der Waals surface area contributed by atoms with Gasteiger partial charge in [0.25, 0.3) is 0 Å². The highest BCUT2D eigenvalue weighted by atomic mass is 16.6. The Kier molecular flexibility index (Phi) is 7.45. The lowest BCUT2D eigenvalue weighted by Gasteiger charge is -2.22. The van der Waals surface area contributed by atoms with E-state index >= 15 is 0 Å². The first-order valence-electron chi connectivity index (χ1n) is 8.05. The van der Waals surface area contributed by atoms with Crippen LogP contribution in [0.3, 0.4) is 0 Å². The average molecular weight is 310 g/mol. The zero-order chi connectivity index (χ0) is 16.6. The molecule has 1 heterocycles. The molecule has 1 aromatic rings. The molecular weight excluding hydrogens is 280 g/mol. The maximum Gasteiger partial charge on any atom is 0.407 e. The minimum atomic E-state index is -0.470. The van der Waals surface area contributed by atoms with Gasteiger partial charge in [0.05, 0.1) is 6.54 Å². The first-order chi connectivity index (χ1) is 10.3. The van der Waals surface area contributed by atoms with Crippen molar-refractivity contribution in [3.8, 4) is 0 Å². The van der Waals surface area contributed by atoms with Crippen LogP contribution in [-0.2, 0) is 11.3 Å². The van der Waals surface area contributed by atoms with E-state index in [4.69, 9.17) is 9.15 Å². The quantitative estimate of drug-likeness (QED) is 0.767. The number of carbonyl (C=O) groups excluding carboxylic acids is 1. The zero-order valence-corrected chi connectivity index (χ0v) is 14.5. The van der Waals surface area contributed by atoms with E-state index in [2.05, 4.69) is 17.6 Å². The van der Waals surface area contributed by atoms with Crippen LogP contribution in [0.25, 0.3) is 0 Å². The van der Waals surface area contributed by atoms with Crippen LogP contribution in [0.5, 0.6) is 0 Å². The van der Waals surface area contributed by atoms with Crippen molar-refractivity contribution in [1.82, 2.24) is 10.6 Å². The highest BCUT2D eigenvalue weighted by molar-refractivity contribution is 5.67. The summed E-state index contributed by atoms with van der Waals surface area (Å²) in [6, 6.07) is 4.13. The van der Waals surface area contributed by atoms with E-state index in [1.54, 1.807) is 0 Å². The molecule has 0 fully saturated rings. The van der Waals surface area contributed by atoms with Gasteiger partial charge in [0.2, 0.25) is 0 Å². The average Bonchev–Trinajstić information content (AvgIpc) is 2.81. The molecule has 0 saturated heterocycles. The van der Waals surface area contributed by atoms with Gasteiger partial charge < -0.3 is 19.8 Å². The second-order valence-electron chi connectivity index (χ2n) is 6.62. The van der Waals surface area contributed by atoms with Crippen LogP contribution in [0.2, 0.25) is 0 Å². The molecule has 0 bridgehead atoms. The maximum absolute atomic E-state index is 11.7.